The number of rotatable bonds is 2. The molecule has 0 heterocycles. The van der Waals surface area contributed by atoms with Gasteiger partial charge in [-0.2, -0.15) is 0 Å². The first-order valence-corrected chi connectivity index (χ1v) is 4.38. The molecule has 0 atom stereocenters. The summed E-state index contributed by atoms with van der Waals surface area (Å²) < 4.78 is 21.2. The van der Waals surface area contributed by atoms with Crippen LogP contribution >= 0.6 is 15.6 Å². The fourth-order valence-electron chi connectivity index (χ4n) is 0.122. The van der Waals surface area contributed by atoms with E-state index in [1.165, 1.54) is 0 Å². The zero-order valence-electron chi connectivity index (χ0n) is 4.78. The fraction of sp³-hybridized carbons (Fsp3) is 0. The summed E-state index contributed by atoms with van der Waals surface area (Å²) in [7, 11) is -11.4. The Kier molecular flexibility index (Phi) is 9.82. The van der Waals surface area contributed by atoms with E-state index in [0.29, 0.717) is 0 Å². The van der Waals surface area contributed by atoms with E-state index >= 15 is 0 Å². The Balaban J connectivity index is -0.000000320. The average molecular weight is 298 g/mol. The van der Waals surface area contributed by atoms with Crippen molar-refractivity contribution in [1.29, 1.82) is 0 Å². The number of hydrogen-bond acceptors (Lipinski definition) is 7. The SMILES string of the molecule is O=P([O-])([O-])OP(=O)([O-])[O-].[Ni+2].[Zn+2]. The van der Waals surface area contributed by atoms with Gasteiger partial charge in [-0.05, 0) is 0 Å². The third-order valence-electron chi connectivity index (χ3n) is 0.200. The normalized spacial score (nSPS) is 11.3. The van der Waals surface area contributed by atoms with E-state index in [1.54, 1.807) is 0 Å². The monoisotopic (exact) mass is 296 g/mol. The molecule has 0 unspecified atom stereocenters. The van der Waals surface area contributed by atoms with Gasteiger partial charge in [0.15, 0.2) is 0 Å². The summed E-state index contributed by atoms with van der Waals surface area (Å²) in [6.07, 6.45) is 0. The molecule has 0 rings (SSSR count). The molecule has 0 amide bonds. The van der Waals surface area contributed by atoms with Gasteiger partial charge in [0.25, 0.3) is 0 Å². The van der Waals surface area contributed by atoms with Gasteiger partial charge in [-0.15, -0.1) is 0 Å². The minimum Gasteiger partial charge on any atom is -0.790 e. The summed E-state index contributed by atoms with van der Waals surface area (Å²) in [4.78, 5) is 37.3. The smallest absolute Gasteiger partial charge is 0.790 e. The zero-order chi connectivity index (χ0) is 7.71. The minimum absolute atomic E-state index is 0. The van der Waals surface area contributed by atoms with Gasteiger partial charge in [-0.25, -0.2) is 0 Å². The zero-order valence-corrected chi connectivity index (χ0v) is 10.5. The topological polar surface area (TPSA) is 136 Å². The van der Waals surface area contributed by atoms with Crippen LogP contribution in [-0.2, 0) is 49.4 Å². The van der Waals surface area contributed by atoms with Crippen molar-refractivity contribution >= 4 is 15.6 Å². The standard InChI is InChI=1S/Ni.H4O7P2.Zn/c;1-8(2,3)7-9(4,5)6;/h;(H2,1,2,3)(H2,4,5,6);/q+2;;+2/p-4. The molecule has 7 nitrogen and oxygen atoms in total. The number of hydrogen-bond donors (Lipinski definition) is 0. The second-order valence-corrected chi connectivity index (χ2v) is 3.42. The van der Waals surface area contributed by atoms with Gasteiger partial charge in [-0.3, -0.25) is 0 Å². The Morgan fingerprint density at radius 2 is 1.09 bits per heavy atom. The molecule has 0 aliphatic carbocycles. The quantitative estimate of drug-likeness (QED) is 0.384. The molecule has 0 aromatic rings. The fourth-order valence-corrected chi connectivity index (χ4v) is 1.10. The van der Waals surface area contributed by atoms with Crippen LogP contribution in [0.15, 0.2) is 0 Å². The van der Waals surface area contributed by atoms with Crippen LogP contribution in [0.25, 0.3) is 0 Å². The maximum absolute atomic E-state index is 9.32. The molecule has 0 aliphatic rings. The molecule has 0 aromatic heterocycles. The second-order valence-electron chi connectivity index (χ2n) is 0.976. The number of phosphoric acid groups is 2. The first-order chi connectivity index (χ1) is 3.71. The van der Waals surface area contributed by atoms with Crippen molar-refractivity contribution in [2.75, 3.05) is 0 Å². The predicted molar refractivity (Wildman–Crippen MR) is 16.3 cm³/mol. The Labute approximate surface area is 84.7 Å². The van der Waals surface area contributed by atoms with E-state index < -0.39 is 15.6 Å². The van der Waals surface area contributed by atoms with Crippen molar-refractivity contribution in [3.8, 4) is 0 Å². The first kappa shape index (κ1) is 18.2. The minimum atomic E-state index is -5.68. The molecule has 0 fully saturated rings. The van der Waals surface area contributed by atoms with Gasteiger partial charge < -0.3 is 33.0 Å². The van der Waals surface area contributed by atoms with Crippen molar-refractivity contribution in [2.45, 2.75) is 0 Å². The van der Waals surface area contributed by atoms with E-state index in [2.05, 4.69) is 4.31 Å². The first-order valence-electron chi connectivity index (χ1n) is 1.46. The molecule has 11 heavy (non-hydrogen) atoms. The van der Waals surface area contributed by atoms with Crippen molar-refractivity contribution < 1.29 is 69.0 Å². The molecule has 0 saturated heterocycles. The molecule has 0 bridgehead atoms. The summed E-state index contributed by atoms with van der Waals surface area (Å²) in [6, 6.07) is 0. The maximum atomic E-state index is 9.32. The summed E-state index contributed by atoms with van der Waals surface area (Å²) >= 11 is 0. The van der Waals surface area contributed by atoms with Gasteiger partial charge in [0.2, 0.25) is 0 Å². The van der Waals surface area contributed by atoms with Crippen molar-refractivity contribution in [3.63, 3.8) is 0 Å². The molecular weight excluding hydrogens is 298 g/mol. The van der Waals surface area contributed by atoms with Crippen molar-refractivity contribution in [1.82, 2.24) is 0 Å². The molecular formula is NiO7P2Zn. The molecule has 0 saturated carbocycles. The summed E-state index contributed by atoms with van der Waals surface area (Å²) in [5.41, 5.74) is 0. The van der Waals surface area contributed by atoms with E-state index in [0.717, 1.165) is 0 Å². The maximum Gasteiger partial charge on any atom is 2.00 e. The summed E-state index contributed by atoms with van der Waals surface area (Å²) in [6.45, 7) is 0. The third kappa shape index (κ3) is 18.4. The Morgan fingerprint density at radius 3 is 1.09 bits per heavy atom. The van der Waals surface area contributed by atoms with E-state index in [1.807, 2.05) is 0 Å². The summed E-state index contributed by atoms with van der Waals surface area (Å²) in [5.74, 6) is 0. The molecule has 0 radical (unpaired) electrons. The van der Waals surface area contributed by atoms with Gasteiger partial charge in [0.1, 0.15) is 0 Å². The molecule has 64 valence electrons. The van der Waals surface area contributed by atoms with E-state index in [9.17, 15) is 28.7 Å². The molecule has 0 aliphatic heterocycles. The van der Waals surface area contributed by atoms with Crippen LogP contribution in [0.4, 0.5) is 0 Å². The average Bonchev–Trinajstić information content (AvgIpc) is 1.14. The van der Waals surface area contributed by atoms with Crippen LogP contribution in [0.5, 0.6) is 0 Å². The van der Waals surface area contributed by atoms with Crippen LogP contribution in [0, 0.1) is 0 Å². The largest absolute Gasteiger partial charge is 2.00 e. The van der Waals surface area contributed by atoms with Crippen LogP contribution < -0.4 is 19.6 Å². The van der Waals surface area contributed by atoms with Gasteiger partial charge >= 0.3 is 36.0 Å². The summed E-state index contributed by atoms with van der Waals surface area (Å²) in [5, 5.41) is 0. The molecule has 0 N–H and O–H groups in total. The molecule has 0 spiro atoms. The van der Waals surface area contributed by atoms with E-state index in [4.69, 9.17) is 0 Å². The van der Waals surface area contributed by atoms with Gasteiger partial charge in [0.05, 0.1) is 15.6 Å². The Morgan fingerprint density at radius 1 is 0.909 bits per heavy atom. The van der Waals surface area contributed by atoms with E-state index in [-0.39, 0.29) is 36.0 Å². The Bertz CT molecular complexity index is 157. The van der Waals surface area contributed by atoms with Crippen molar-refractivity contribution in [3.05, 3.63) is 0 Å². The van der Waals surface area contributed by atoms with Crippen molar-refractivity contribution in [2.24, 2.45) is 0 Å². The Hall–Kier alpha value is 1.38. The van der Waals surface area contributed by atoms with Gasteiger partial charge in [-0.1, -0.05) is 0 Å². The molecule has 11 heteroatoms. The van der Waals surface area contributed by atoms with Gasteiger partial charge in [0, 0.05) is 0 Å². The predicted octanol–water partition coefficient (Wildman–Crippen LogP) is -3.34. The van der Waals surface area contributed by atoms with Crippen LogP contribution in [0.2, 0.25) is 0 Å². The third-order valence-corrected chi connectivity index (χ3v) is 1.80. The second kappa shape index (κ2) is 5.93. The van der Waals surface area contributed by atoms with Crippen LogP contribution in [0.1, 0.15) is 0 Å². The molecule has 0 aromatic carbocycles. The van der Waals surface area contributed by atoms with Crippen LogP contribution in [-0.4, -0.2) is 0 Å². The van der Waals surface area contributed by atoms with Crippen LogP contribution in [0.3, 0.4) is 0 Å².